The van der Waals surface area contributed by atoms with Crippen molar-refractivity contribution < 1.29 is 13.9 Å². The molecule has 31 heavy (non-hydrogen) atoms. The molecule has 0 amide bonds. The van der Waals surface area contributed by atoms with Gasteiger partial charge in [0.25, 0.3) is 0 Å². The molecule has 1 aliphatic rings. The van der Waals surface area contributed by atoms with Crippen LogP contribution in [0.4, 0.5) is 4.39 Å². The minimum atomic E-state index is -0.586. The first-order valence-electron chi connectivity index (χ1n) is 9.81. The summed E-state index contributed by atoms with van der Waals surface area (Å²) >= 11 is 12.2. The number of halogens is 3. The van der Waals surface area contributed by atoms with Crippen LogP contribution in [-0.2, 0) is 0 Å². The van der Waals surface area contributed by atoms with Crippen molar-refractivity contribution in [3.63, 3.8) is 0 Å². The van der Waals surface area contributed by atoms with Gasteiger partial charge in [0.15, 0.2) is 0 Å². The van der Waals surface area contributed by atoms with Crippen LogP contribution in [0.25, 0.3) is 0 Å². The molecule has 3 aromatic carbocycles. The van der Waals surface area contributed by atoms with Gasteiger partial charge < -0.3 is 14.8 Å². The SMILES string of the molecule is COc1ccc(C2=N[C@@H](c3ccc(Cl)cc3)[C@@H](c3ccc(Cl)cc3)N2)c(OCCF)c1. The first-order valence-corrected chi connectivity index (χ1v) is 10.6. The smallest absolute Gasteiger partial charge is 0.134 e. The average molecular weight is 459 g/mol. The van der Waals surface area contributed by atoms with E-state index in [4.69, 9.17) is 37.7 Å². The van der Waals surface area contributed by atoms with Crippen LogP contribution in [0.5, 0.6) is 11.5 Å². The number of aliphatic imine (C=N–C) groups is 1. The second kappa shape index (κ2) is 9.58. The topological polar surface area (TPSA) is 42.8 Å². The fourth-order valence-corrected chi connectivity index (χ4v) is 3.83. The number of rotatable bonds is 7. The molecular formula is C24H21Cl2FN2O2. The predicted octanol–water partition coefficient (Wildman–Crippen LogP) is 6.18. The first-order chi connectivity index (χ1) is 15.1. The largest absolute Gasteiger partial charge is 0.497 e. The number of benzene rings is 3. The molecule has 0 radical (unpaired) electrons. The van der Waals surface area contributed by atoms with E-state index in [0.29, 0.717) is 27.4 Å². The summed E-state index contributed by atoms with van der Waals surface area (Å²) in [6, 6.07) is 20.5. The maximum atomic E-state index is 12.8. The van der Waals surface area contributed by atoms with E-state index in [0.717, 1.165) is 16.7 Å². The molecule has 0 aromatic heterocycles. The van der Waals surface area contributed by atoms with Gasteiger partial charge in [-0.3, -0.25) is 4.99 Å². The molecule has 4 rings (SSSR count). The molecular weight excluding hydrogens is 438 g/mol. The molecule has 160 valence electrons. The molecule has 0 spiro atoms. The van der Waals surface area contributed by atoms with Gasteiger partial charge >= 0.3 is 0 Å². The van der Waals surface area contributed by atoms with E-state index in [2.05, 4.69) is 5.32 Å². The molecule has 2 atom stereocenters. The molecule has 0 saturated heterocycles. The Labute approximate surface area is 190 Å². The number of hydrogen-bond acceptors (Lipinski definition) is 4. The minimum absolute atomic E-state index is 0.0470. The lowest BCUT2D eigenvalue weighted by atomic mass is 9.95. The number of nitrogens with one attached hydrogen (secondary N) is 1. The van der Waals surface area contributed by atoms with Crippen LogP contribution < -0.4 is 14.8 Å². The summed E-state index contributed by atoms with van der Waals surface area (Å²) in [6.45, 7) is -0.633. The van der Waals surface area contributed by atoms with Gasteiger partial charge in [-0.2, -0.15) is 0 Å². The number of methoxy groups -OCH3 is 1. The van der Waals surface area contributed by atoms with E-state index in [1.54, 1.807) is 13.2 Å². The Kier molecular flexibility index (Phi) is 6.64. The van der Waals surface area contributed by atoms with Crippen molar-refractivity contribution in [3.8, 4) is 11.5 Å². The summed E-state index contributed by atoms with van der Waals surface area (Å²) in [6.07, 6.45) is 0. The monoisotopic (exact) mass is 458 g/mol. The number of alkyl halides is 1. The van der Waals surface area contributed by atoms with Crippen molar-refractivity contribution in [2.24, 2.45) is 4.99 Å². The third kappa shape index (κ3) is 4.78. The molecule has 7 heteroatoms. The summed E-state index contributed by atoms with van der Waals surface area (Å²) in [5.74, 6) is 1.80. The Hall–Kier alpha value is -2.76. The molecule has 3 aromatic rings. The van der Waals surface area contributed by atoms with Gasteiger partial charge in [-0.05, 0) is 47.5 Å². The van der Waals surface area contributed by atoms with Crippen LogP contribution in [0.15, 0.2) is 71.7 Å². The van der Waals surface area contributed by atoms with E-state index < -0.39 is 6.67 Å². The van der Waals surface area contributed by atoms with Gasteiger partial charge in [0, 0.05) is 16.1 Å². The predicted molar refractivity (Wildman–Crippen MR) is 123 cm³/mol. The second-order valence-corrected chi connectivity index (χ2v) is 7.92. The van der Waals surface area contributed by atoms with Crippen LogP contribution in [0.3, 0.4) is 0 Å². The second-order valence-electron chi connectivity index (χ2n) is 7.05. The van der Waals surface area contributed by atoms with E-state index in [1.807, 2.05) is 60.7 Å². The molecule has 0 fully saturated rings. The zero-order valence-corrected chi connectivity index (χ0v) is 18.3. The number of hydrogen-bond donors (Lipinski definition) is 1. The van der Waals surface area contributed by atoms with Crippen LogP contribution in [0.2, 0.25) is 10.0 Å². The van der Waals surface area contributed by atoms with Gasteiger partial charge in [-0.15, -0.1) is 0 Å². The summed E-state index contributed by atoms with van der Waals surface area (Å²) in [5, 5.41) is 4.86. The lowest BCUT2D eigenvalue weighted by molar-refractivity contribution is 0.271. The van der Waals surface area contributed by atoms with Gasteiger partial charge in [-0.25, -0.2) is 4.39 Å². The maximum absolute atomic E-state index is 12.8. The Balaban J connectivity index is 1.75. The standard InChI is InChI=1S/C24H21Cl2FN2O2/c1-30-19-10-11-20(21(14-19)31-13-12-27)24-28-22(15-2-6-17(25)7-3-15)23(29-24)16-4-8-18(26)9-5-16/h2-11,14,22-23H,12-13H2,1H3,(H,28,29)/t22-,23+. The lowest BCUT2D eigenvalue weighted by Gasteiger charge is -2.20. The Bertz CT molecular complexity index is 1070. The van der Waals surface area contributed by atoms with Crippen LogP contribution in [0.1, 0.15) is 28.8 Å². The average Bonchev–Trinajstić information content (AvgIpc) is 3.23. The van der Waals surface area contributed by atoms with Crippen molar-refractivity contribution in [1.29, 1.82) is 0 Å². The highest BCUT2D eigenvalue weighted by Crippen LogP contribution is 2.39. The Morgan fingerprint density at radius 2 is 1.58 bits per heavy atom. The summed E-state index contributed by atoms with van der Waals surface area (Å²) in [5.41, 5.74) is 2.80. The van der Waals surface area contributed by atoms with Crippen molar-refractivity contribution >= 4 is 29.0 Å². The van der Waals surface area contributed by atoms with E-state index in [1.165, 1.54) is 0 Å². The first kappa shape index (κ1) is 21.5. The fourth-order valence-electron chi connectivity index (χ4n) is 3.58. The fraction of sp³-hybridized carbons (Fsp3) is 0.208. The summed E-state index contributed by atoms with van der Waals surface area (Å²) in [7, 11) is 1.58. The molecule has 1 heterocycles. The molecule has 0 aliphatic carbocycles. The third-order valence-corrected chi connectivity index (χ3v) is 5.60. The molecule has 0 unspecified atom stereocenters. The van der Waals surface area contributed by atoms with Gasteiger partial charge in [0.2, 0.25) is 0 Å². The van der Waals surface area contributed by atoms with Gasteiger partial charge in [-0.1, -0.05) is 47.5 Å². The Morgan fingerprint density at radius 1 is 0.935 bits per heavy atom. The molecule has 4 nitrogen and oxygen atoms in total. The number of ether oxygens (including phenoxy) is 2. The summed E-state index contributed by atoms with van der Waals surface area (Å²) in [4.78, 5) is 4.98. The van der Waals surface area contributed by atoms with Crippen molar-refractivity contribution in [2.75, 3.05) is 20.4 Å². The highest BCUT2D eigenvalue weighted by atomic mass is 35.5. The van der Waals surface area contributed by atoms with Gasteiger partial charge in [0.05, 0.1) is 18.7 Å². The van der Waals surface area contributed by atoms with Crippen molar-refractivity contribution in [3.05, 3.63) is 93.5 Å². The normalized spacial score (nSPS) is 17.7. The number of nitrogens with zero attached hydrogens (tertiary/aromatic N) is 1. The Morgan fingerprint density at radius 3 is 2.19 bits per heavy atom. The van der Waals surface area contributed by atoms with Crippen LogP contribution >= 0.6 is 23.2 Å². The third-order valence-electron chi connectivity index (χ3n) is 5.10. The van der Waals surface area contributed by atoms with E-state index in [9.17, 15) is 4.39 Å². The lowest BCUT2D eigenvalue weighted by Crippen LogP contribution is -2.25. The highest BCUT2D eigenvalue weighted by molar-refractivity contribution is 6.30. The molecule has 1 aliphatic heterocycles. The zero-order valence-electron chi connectivity index (χ0n) is 16.8. The molecule has 1 N–H and O–H groups in total. The van der Waals surface area contributed by atoms with Gasteiger partial charge in [0.1, 0.15) is 36.7 Å². The van der Waals surface area contributed by atoms with E-state index in [-0.39, 0.29) is 18.7 Å². The minimum Gasteiger partial charge on any atom is -0.497 e. The quantitative estimate of drug-likeness (QED) is 0.459. The molecule has 0 bridgehead atoms. The zero-order chi connectivity index (χ0) is 21.8. The summed E-state index contributed by atoms with van der Waals surface area (Å²) < 4.78 is 23.7. The maximum Gasteiger partial charge on any atom is 0.134 e. The van der Waals surface area contributed by atoms with Crippen molar-refractivity contribution in [2.45, 2.75) is 12.1 Å². The van der Waals surface area contributed by atoms with Crippen LogP contribution in [0, 0.1) is 0 Å². The van der Waals surface area contributed by atoms with E-state index >= 15 is 0 Å². The number of amidine groups is 1. The van der Waals surface area contributed by atoms with Crippen LogP contribution in [-0.4, -0.2) is 26.2 Å². The molecule has 0 saturated carbocycles. The highest BCUT2D eigenvalue weighted by Gasteiger charge is 2.33. The van der Waals surface area contributed by atoms with Crippen molar-refractivity contribution in [1.82, 2.24) is 5.32 Å².